The number of likely N-dealkylation sites (tertiary alicyclic amines) is 2. The van der Waals surface area contributed by atoms with Crippen LogP contribution in [0.2, 0.25) is 0 Å². The van der Waals surface area contributed by atoms with Gasteiger partial charge in [-0.2, -0.15) is 0 Å². The Morgan fingerprint density at radius 3 is 2.26 bits per heavy atom. The van der Waals surface area contributed by atoms with Gasteiger partial charge in [0, 0.05) is 19.5 Å². The van der Waals surface area contributed by atoms with Gasteiger partial charge in [0.1, 0.15) is 0 Å². The summed E-state index contributed by atoms with van der Waals surface area (Å²) in [5.74, 6) is -1.97. The lowest BCUT2D eigenvalue weighted by atomic mass is 9.71. The maximum Gasteiger partial charge on any atom is 0.236 e. The van der Waals surface area contributed by atoms with E-state index in [2.05, 4.69) is 0 Å². The minimum Gasteiger partial charge on any atom is -0.285 e. The van der Waals surface area contributed by atoms with Gasteiger partial charge in [0.05, 0.1) is 17.8 Å². The predicted octanol–water partition coefficient (Wildman–Crippen LogP) is 0.967. The molecule has 1 aliphatic carbocycles. The fourth-order valence-corrected chi connectivity index (χ4v) is 4.26. The van der Waals surface area contributed by atoms with Gasteiger partial charge in [-0.25, -0.2) is 0 Å². The number of rotatable bonds is 2. The summed E-state index contributed by atoms with van der Waals surface area (Å²) >= 11 is 0. The third-order valence-electron chi connectivity index (χ3n) is 5.39. The molecular weight excluding hydrogens is 296 g/mol. The topological polar surface area (TPSA) is 74.8 Å². The lowest BCUT2D eigenvalue weighted by Crippen LogP contribution is -2.38. The van der Waals surface area contributed by atoms with Gasteiger partial charge in [0.15, 0.2) is 0 Å². The first kappa shape index (κ1) is 15.9. The highest BCUT2D eigenvalue weighted by Crippen LogP contribution is 2.44. The minimum absolute atomic E-state index is 0.144. The average molecular weight is 318 g/mol. The van der Waals surface area contributed by atoms with Gasteiger partial charge in [-0.3, -0.25) is 29.0 Å². The van der Waals surface area contributed by atoms with Gasteiger partial charge in [0.25, 0.3) is 0 Å². The molecule has 2 saturated heterocycles. The van der Waals surface area contributed by atoms with E-state index < -0.39 is 17.8 Å². The Bertz CT molecular complexity index is 637. The molecule has 4 unspecified atom stereocenters. The van der Waals surface area contributed by atoms with E-state index in [4.69, 9.17) is 0 Å². The molecule has 0 N–H and O–H groups in total. The van der Waals surface area contributed by atoms with E-state index in [-0.39, 0.29) is 42.0 Å². The van der Waals surface area contributed by atoms with Crippen LogP contribution in [-0.2, 0) is 19.2 Å². The molecule has 0 radical (unpaired) electrons. The molecule has 3 aliphatic rings. The van der Waals surface area contributed by atoms with Crippen LogP contribution in [0, 0.1) is 23.7 Å². The lowest BCUT2D eigenvalue weighted by Gasteiger charge is -2.30. The number of allylic oxidation sites excluding steroid dienone is 1. The Labute approximate surface area is 135 Å². The number of imide groups is 2. The lowest BCUT2D eigenvalue weighted by molar-refractivity contribution is -0.142. The van der Waals surface area contributed by atoms with Crippen LogP contribution >= 0.6 is 0 Å². The van der Waals surface area contributed by atoms with E-state index >= 15 is 0 Å². The van der Waals surface area contributed by atoms with Crippen LogP contribution < -0.4 is 0 Å². The van der Waals surface area contributed by atoms with Crippen LogP contribution in [0.4, 0.5) is 0 Å². The van der Waals surface area contributed by atoms with Crippen molar-refractivity contribution in [3.63, 3.8) is 0 Å². The summed E-state index contributed by atoms with van der Waals surface area (Å²) in [5.41, 5.74) is 0.845. The van der Waals surface area contributed by atoms with Crippen molar-refractivity contribution in [2.75, 3.05) is 7.05 Å². The zero-order valence-electron chi connectivity index (χ0n) is 13.9. The fraction of sp³-hybridized carbons (Fsp3) is 0.647. The third-order valence-corrected chi connectivity index (χ3v) is 5.39. The summed E-state index contributed by atoms with van der Waals surface area (Å²) in [6.45, 7) is 5.49. The van der Waals surface area contributed by atoms with Crippen molar-refractivity contribution in [1.29, 1.82) is 0 Å². The van der Waals surface area contributed by atoms with Crippen molar-refractivity contribution >= 4 is 23.6 Å². The molecule has 0 aromatic carbocycles. The second kappa shape index (κ2) is 5.28. The number of hydrogen-bond acceptors (Lipinski definition) is 4. The van der Waals surface area contributed by atoms with Gasteiger partial charge < -0.3 is 0 Å². The zero-order valence-corrected chi connectivity index (χ0v) is 13.9. The Morgan fingerprint density at radius 2 is 1.70 bits per heavy atom. The second-order valence-electron chi connectivity index (χ2n) is 7.14. The summed E-state index contributed by atoms with van der Waals surface area (Å²) < 4.78 is 0. The number of nitrogens with zero attached hydrogens (tertiary/aromatic N) is 2. The van der Waals surface area contributed by atoms with Gasteiger partial charge >= 0.3 is 0 Å². The first-order valence-electron chi connectivity index (χ1n) is 8.09. The summed E-state index contributed by atoms with van der Waals surface area (Å²) in [7, 11) is 1.51. The monoisotopic (exact) mass is 318 g/mol. The summed E-state index contributed by atoms with van der Waals surface area (Å²) in [5, 5.41) is 0. The molecular formula is C17H22N2O4. The molecule has 6 nitrogen and oxygen atoms in total. The summed E-state index contributed by atoms with van der Waals surface area (Å²) in [6.07, 6.45) is 2.60. The van der Waals surface area contributed by atoms with Crippen molar-refractivity contribution in [2.24, 2.45) is 23.7 Å². The predicted molar refractivity (Wildman–Crippen MR) is 81.7 cm³/mol. The normalized spacial score (nSPS) is 34.6. The molecule has 0 aromatic heterocycles. The van der Waals surface area contributed by atoms with E-state index in [1.54, 1.807) is 0 Å². The minimum atomic E-state index is -0.408. The molecule has 2 aliphatic heterocycles. The quantitative estimate of drug-likeness (QED) is 0.561. The molecule has 3 rings (SSSR count). The molecule has 6 heteroatoms. The van der Waals surface area contributed by atoms with Gasteiger partial charge in [-0.15, -0.1) is 0 Å². The molecule has 23 heavy (non-hydrogen) atoms. The first-order valence-corrected chi connectivity index (χ1v) is 8.09. The number of carbonyl (C=O) groups is 4. The molecule has 2 heterocycles. The van der Waals surface area contributed by atoms with E-state index in [0.717, 1.165) is 5.57 Å². The van der Waals surface area contributed by atoms with Crippen molar-refractivity contribution < 1.29 is 19.2 Å². The number of fused-ring (bicyclic) bond motifs is 1. The highest BCUT2D eigenvalue weighted by atomic mass is 16.2. The highest BCUT2D eigenvalue weighted by Gasteiger charge is 2.52. The van der Waals surface area contributed by atoms with E-state index in [1.807, 2.05) is 26.8 Å². The maximum absolute atomic E-state index is 12.6. The van der Waals surface area contributed by atoms with Crippen LogP contribution in [-0.4, -0.2) is 46.5 Å². The number of hydrogen-bond donors (Lipinski definition) is 0. The highest BCUT2D eigenvalue weighted by molar-refractivity contribution is 6.07. The molecule has 0 bridgehead atoms. The standard InChI is InChI=1S/C17H22N2O4/c1-8(2)19-13(20)7-11(16(19)22)10-5-9(3)14-12(6-10)15(21)18(4)17(14)23/h5,8,10-12,14H,6-7H2,1-4H3. The Morgan fingerprint density at radius 1 is 1.04 bits per heavy atom. The van der Waals surface area contributed by atoms with E-state index in [1.165, 1.54) is 16.8 Å². The molecule has 2 fully saturated rings. The van der Waals surface area contributed by atoms with Crippen molar-refractivity contribution in [3.05, 3.63) is 11.6 Å². The molecule has 0 saturated carbocycles. The smallest absolute Gasteiger partial charge is 0.236 e. The molecule has 0 spiro atoms. The second-order valence-corrected chi connectivity index (χ2v) is 7.14. The molecule has 4 amide bonds. The van der Waals surface area contributed by atoms with Gasteiger partial charge in [0.2, 0.25) is 23.6 Å². The van der Waals surface area contributed by atoms with Crippen molar-refractivity contribution in [3.8, 4) is 0 Å². The first-order chi connectivity index (χ1) is 10.7. The fourth-order valence-electron chi connectivity index (χ4n) is 4.26. The Hall–Kier alpha value is -1.98. The maximum atomic E-state index is 12.6. The summed E-state index contributed by atoms with van der Waals surface area (Å²) in [4.78, 5) is 51.7. The third kappa shape index (κ3) is 2.23. The molecule has 124 valence electrons. The van der Waals surface area contributed by atoms with Gasteiger partial charge in [-0.05, 0) is 33.1 Å². The van der Waals surface area contributed by atoms with Crippen LogP contribution in [0.3, 0.4) is 0 Å². The number of amides is 4. The van der Waals surface area contributed by atoms with Crippen LogP contribution in [0.25, 0.3) is 0 Å². The Balaban J connectivity index is 1.88. The molecule has 4 atom stereocenters. The Kier molecular flexibility index (Phi) is 3.65. The van der Waals surface area contributed by atoms with E-state index in [0.29, 0.717) is 6.42 Å². The largest absolute Gasteiger partial charge is 0.285 e. The average Bonchev–Trinajstić information content (AvgIpc) is 2.89. The van der Waals surface area contributed by atoms with Crippen LogP contribution in [0.5, 0.6) is 0 Å². The summed E-state index contributed by atoms with van der Waals surface area (Å²) in [6, 6.07) is -0.151. The van der Waals surface area contributed by atoms with Crippen LogP contribution in [0.1, 0.15) is 33.6 Å². The zero-order chi connectivity index (χ0) is 17.0. The molecule has 0 aromatic rings. The van der Waals surface area contributed by atoms with Gasteiger partial charge in [-0.1, -0.05) is 11.6 Å². The van der Waals surface area contributed by atoms with Crippen LogP contribution in [0.15, 0.2) is 11.6 Å². The SMILES string of the molecule is CC1=CC(C2CC(=O)N(C(C)C)C2=O)CC2C(=O)N(C)C(=O)C12. The van der Waals surface area contributed by atoms with E-state index in [9.17, 15) is 19.2 Å². The van der Waals surface area contributed by atoms with Crippen molar-refractivity contribution in [1.82, 2.24) is 9.80 Å². The number of carbonyl (C=O) groups excluding carboxylic acids is 4. The van der Waals surface area contributed by atoms with Crippen molar-refractivity contribution in [2.45, 2.75) is 39.7 Å².